The number of fused-ring (bicyclic) bond motifs is 1. The molecule has 0 aliphatic heterocycles. The number of nitrogens with zero attached hydrogens (tertiary/aromatic N) is 2. The molecule has 0 unspecified atom stereocenters. The van der Waals surface area contributed by atoms with Gasteiger partial charge in [0.25, 0.3) is 10.0 Å². The number of carbonyl (C=O) groups excluding carboxylic acids is 1. The fourth-order valence-electron chi connectivity index (χ4n) is 2.72. The number of allylic oxidation sites excluding steroid dienone is 1. The van der Waals surface area contributed by atoms with Gasteiger partial charge < -0.3 is 4.90 Å². The van der Waals surface area contributed by atoms with Crippen molar-refractivity contribution in [2.24, 2.45) is 0 Å². The SMILES string of the molecule is Cc1ccc(S(=O)(=O)n2cc(C(=O)/C=C/N(C)C)c3cccc(Br)c32)cc1. The summed E-state index contributed by atoms with van der Waals surface area (Å²) in [6.07, 6.45) is 4.46. The van der Waals surface area contributed by atoms with E-state index in [4.69, 9.17) is 0 Å². The number of hydrogen-bond acceptors (Lipinski definition) is 4. The van der Waals surface area contributed by atoms with Crippen LogP contribution in [-0.2, 0) is 10.0 Å². The minimum absolute atomic E-state index is 0.170. The molecule has 0 bridgehead atoms. The van der Waals surface area contributed by atoms with Crippen LogP contribution < -0.4 is 0 Å². The fourth-order valence-corrected chi connectivity index (χ4v) is 4.79. The maximum atomic E-state index is 13.2. The van der Waals surface area contributed by atoms with Gasteiger partial charge in [-0.25, -0.2) is 12.4 Å². The molecule has 0 atom stereocenters. The second kappa shape index (κ2) is 7.32. The highest BCUT2D eigenvalue weighted by atomic mass is 79.9. The molecule has 0 saturated heterocycles. The first-order chi connectivity index (χ1) is 12.7. The van der Waals surface area contributed by atoms with Gasteiger partial charge in [-0.05, 0) is 41.1 Å². The van der Waals surface area contributed by atoms with Crippen LogP contribution in [0.2, 0.25) is 0 Å². The molecule has 2 aromatic carbocycles. The molecule has 0 amide bonds. The van der Waals surface area contributed by atoms with E-state index in [2.05, 4.69) is 15.9 Å². The third kappa shape index (κ3) is 3.70. The molecule has 7 heteroatoms. The Morgan fingerprint density at radius 3 is 2.41 bits per heavy atom. The summed E-state index contributed by atoms with van der Waals surface area (Å²) in [6, 6.07) is 11.9. The lowest BCUT2D eigenvalue weighted by atomic mass is 10.1. The number of benzene rings is 2. The van der Waals surface area contributed by atoms with Crippen molar-refractivity contribution in [3.05, 3.63) is 76.5 Å². The second-order valence-electron chi connectivity index (χ2n) is 6.44. The van der Waals surface area contributed by atoms with Crippen LogP contribution in [-0.4, -0.2) is 37.2 Å². The molecule has 0 spiro atoms. The third-order valence-corrected chi connectivity index (χ3v) is 6.42. The van der Waals surface area contributed by atoms with Crippen molar-refractivity contribution < 1.29 is 13.2 Å². The van der Waals surface area contributed by atoms with Gasteiger partial charge in [0.05, 0.1) is 10.4 Å². The summed E-state index contributed by atoms with van der Waals surface area (Å²) in [7, 11) is -0.227. The highest BCUT2D eigenvalue weighted by Crippen LogP contribution is 2.32. The molecule has 0 saturated carbocycles. The van der Waals surface area contributed by atoms with E-state index < -0.39 is 10.0 Å². The molecule has 0 aliphatic rings. The Labute approximate surface area is 167 Å². The lowest BCUT2D eigenvalue weighted by Gasteiger charge is -2.08. The zero-order chi connectivity index (χ0) is 19.8. The zero-order valence-electron chi connectivity index (χ0n) is 15.2. The summed E-state index contributed by atoms with van der Waals surface area (Å²) >= 11 is 3.43. The summed E-state index contributed by atoms with van der Waals surface area (Å²) < 4.78 is 28.2. The van der Waals surface area contributed by atoms with Gasteiger partial charge in [-0.15, -0.1) is 0 Å². The number of carbonyl (C=O) groups is 1. The molecular formula is C20H19BrN2O3S. The Bertz CT molecular complexity index is 1140. The molecule has 0 N–H and O–H groups in total. The monoisotopic (exact) mass is 446 g/mol. The first-order valence-corrected chi connectivity index (χ1v) is 10.5. The van der Waals surface area contributed by atoms with Gasteiger partial charge >= 0.3 is 0 Å². The Balaban J connectivity index is 2.25. The van der Waals surface area contributed by atoms with E-state index in [0.717, 1.165) is 5.56 Å². The van der Waals surface area contributed by atoms with E-state index in [1.807, 2.05) is 21.0 Å². The number of rotatable bonds is 5. The van der Waals surface area contributed by atoms with E-state index in [1.54, 1.807) is 53.6 Å². The molecule has 3 aromatic rings. The average Bonchev–Trinajstić information content (AvgIpc) is 3.02. The van der Waals surface area contributed by atoms with Gasteiger partial charge in [-0.2, -0.15) is 0 Å². The average molecular weight is 447 g/mol. The molecule has 0 aliphatic carbocycles. The van der Waals surface area contributed by atoms with Gasteiger partial charge in [-0.3, -0.25) is 4.79 Å². The summed E-state index contributed by atoms with van der Waals surface area (Å²) in [5.74, 6) is -0.260. The summed E-state index contributed by atoms with van der Waals surface area (Å²) in [6.45, 7) is 1.89. The Hall–Kier alpha value is -2.38. The van der Waals surface area contributed by atoms with E-state index >= 15 is 0 Å². The maximum Gasteiger partial charge on any atom is 0.268 e. The highest BCUT2D eigenvalue weighted by molar-refractivity contribution is 9.10. The zero-order valence-corrected chi connectivity index (χ0v) is 17.6. The predicted octanol–water partition coefficient (Wildman–Crippen LogP) is 4.21. The molecular weight excluding hydrogens is 428 g/mol. The first kappa shape index (κ1) is 19.4. The molecule has 27 heavy (non-hydrogen) atoms. The van der Waals surface area contributed by atoms with Gasteiger partial charge in [0.2, 0.25) is 0 Å². The van der Waals surface area contributed by atoms with Crippen LogP contribution in [0, 0.1) is 6.92 Å². The molecule has 140 valence electrons. The van der Waals surface area contributed by atoms with E-state index in [9.17, 15) is 13.2 Å². The molecule has 3 rings (SSSR count). The Morgan fingerprint density at radius 1 is 1.11 bits per heavy atom. The van der Waals surface area contributed by atoms with Gasteiger partial charge in [0.15, 0.2) is 5.78 Å². The van der Waals surface area contributed by atoms with Crippen molar-refractivity contribution in [1.29, 1.82) is 0 Å². The summed E-state index contributed by atoms with van der Waals surface area (Å²) in [4.78, 5) is 14.6. The summed E-state index contributed by atoms with van der Waals surface area (Å²) in [5, 5.41) is 0.577. The normalized spacial score (nSPS) is 12.0. The molecule has 5 nitrogen and oxygen atoms in total. The van der Waals surface area contributed by atoms with Crippen molar-refractivity contribution in [1.82, 2.24) is 8.87 Å². The number of para-hydroxylation sites is 1. The number of ketones is 1. The number of aromatic nitrogens is 1. The van der Waals surface area contributed by atoms with Crippen LogP contribution in [0.3, 0.4) is 0 Å². The largest absolute Gasteiger partial charge is 0.383 e. The highest BCUT2D eigenvalue weighted by Gasteiger charge is 2.24. The van der Waals surface area contributed by atoms with Crippen LogP contribution in [0.5, 0.6) is 0 Å². The first-order valence-electron chi connectivity index (χ1n) is 8.22. The maximum absolute atomic E-state index is 13.2. The second-order valence-corrected chi connectivity index (χ2v) is 9.11. The van der Waals surface area contributed by atoms with Crippen LogP contribution in [0.1, 0.15) is 15.9 Å². The van der Waals surface area contributed by atoms with Crippen molar-refractivity contribution >= 4 is 42.6 Å². The Kier molecular flexibility index (Phi) is 5.26. The van der Waals surface area contributed by atoms with Crippen molar-refractivity contribution in [3.8, 4) is 0 Å². The quantitative estimate of drug-likeness (QED) is 0.435. The topological polar surface area (TPSA) is 59.4 Å². The molecule has 0 fully saturated rings. The fraction of sp³-hybridized carbons (Fsp3) is 0.150. The van der Waals surface area contributed by atoms with Crippen LogP contribution in [0.4, 0.5) is 0 Å². The van der Waals surface area contributed by atoms with E-state index in [0.29, 0.717) is 20.9 Å². The third-order valence-electron chi connectivity index (χ3n) is 4.11. The van der Waals surface area contributed by atoms with Crippen molar-refractivity contribution in [3.63, 3.8) is 0 Å². The van der Waals surface area contributed by atoms with Crippen LogP contribution >= 0.6 is 15.9 Å². The number of hydrogen-bond donors (Lipinski definition) is 0. The molecule has 0 radical (unpaired) electrons. The van der Waals surface area contributed by atoms with Gasteiger partial charge in [0, 0.05) is 48.0 Å². The lowest BCUT2D eigenvalue weighted by Crippen LogP contribution is -2.12. The minimum Gasteiger partial charge on any atom is -0.383 e. The number of halogens is 1. The van der Waals surface area contributed by atoms with E-state index in [1.165, 1.54) is 16.2 Å². The van der Waals surface area contributed by atoms with Gasteiger partial charge in [0.1, 0.15) is 0 Å². The molecule has 1 aromatic heterocycles. The minimum atomic E-state index is -3.85. The summed E-state index contributed by atoms with van der Waals surface area (Å²) in [5.41, 5.74) is 1.75. The van der Waals surface area contributed by atoms with Crippen molar-refractivity contribution in [2.45, 2.75) is 11.8 Å². The standard InChI is InChI=1S/C20H19BrN2O3S/c1-14-7-9-15(10-8-14)27(25,26)23-13-17(19(24)11-12-22(2)3)16-5-4-6-18(21)20(16)23/h4-13H,1-3H3/b12-11+. The van der Waals surface area contributed by atoms with Crippen molar-refractivity contribution in [2.75, 3.05) is 14.1 Å². The Morgan fingerprint density at radius 2 is 1.78 bits per heavy atom. The number of aryl methyl sites for hydroxylation is 1. The predicted molar refractivity (Wildman–Crippen MR) is 111 cm³/mol. The van der Waals surface area contributed by atoms with Gasteiger partial charge in [-0.1, -0.05) is 29.8 Å². The lowest BCUT2D eigenvalue weighted by molar-refractivity contribution is 0.104. The smallest absolute Gasteiger partial charge is 0.268 e. The van der Waals surface area contributed by atoms with Crippen LogP contribution in [0.25, 0.3) is 10.9 Å². The molecule has 1 heterocycles. The van der Waals surface area contributed by atoms with Crippen LogP contribution in [0.15, 0.2) is 70.3 Å². The van der Waals surface area contributed by atoms with E-state index in [-0.39, 0.29) is 10.7 Å².